The lowest BCUT2D eigenvalue weighted by atomic mass is 10.4. The number of thioether (sulfide) groups is 1. The molecule has 0 rings (SSSR count). The molecule has 1 N–H and O–H groups in total. The molecular weight excluding hydrogens is 220 g/mol. The van der Waals surface area contributed by atoms with Gasteiger partial charge < -0.3 is 14.7 Å². The molecule has 0 aliphatic carbocycles. The van der Waals surface area contributed by atoms with Crippen LogP contribution in [0.25, 0.3) is 0 Å². The van der Waals surface area contributed by atoms with E-state index in [1.54, 1.807) is 11.8 Å². The fourth-order valence-electron chi connectivity index (χ4n) is 0.643. The molecule has 0 aliphatic heterocycles. The van der Waals surface area contributed by atoms with E-state index in [1.165, 1.54) is 6.92 Å². The predicted octanol–water partition coefficient (Wildman–Crippen LogP) is 0.735. The van der Waals surface area contributed by atoms with Crippen molar-refractivity contribution in [3.63, 3.8) is 0 Å². The molecule has 0 aromatic heterocycles. The van der Waals surface area contributed by atoms with Gasteiger partial charge in [-0.2, -0.15) is 16.6 Å². The summed E-state index contributed by atoms with van der Waals surface area (Å²) in [4.78, 5) is 19.8. The summed E-state index contributed by atoms with van der Waals surface area (Å²) in [6.45, 7) is 4.68. The fourth-order valence-corrected chi connectivity index (χ4v) is 1.01. The number of hydrogen-bond acceptors (Lipinski definition) is 6. The highest BCUT2D eigenvalue weighted by Crippen LogP contribution is 2.03. The van der Waals surface area contributed by atoms with Gasteiger partial charge >= 0.3 is 5.97 Å². The van der Waals surface area contributed by atoms with Gasteiger partial charge in [0.15, 0.2) is 0 Å². The number of hydrogen-bond donors (Lipinski definition) is 1. The average molecular weight is 236 g/mol. The summed E-state index contributed by atoms with van der Waals surface area (Å²) in [5, 5.41) is 9.22. The first-order valence-corrected chi connectivity index (χ1v) is 5.73. The van der Waals surface area contributed by atoms with Crippen LogP contribution in [0, 0.1) is 0 Å². The minimum absolute atomic E-state index is 0.0688. The Balaban J connectivity index is 3.41. The standard InChI is InChI=1S/C9H16O5S/c1-7(6-15-3)14-13-5-9(11)4-12-8(2)10/h9,11H,1,4-6H2,2-3H3. The Morgan fingerprint density at radius 2 is 2.20 bits per heavy atom. The molecule has 0 fully saturated rings. The number of carbonyl (C=O) groups excluding carboxylic acids is 1. The van der Waals surface area contributed by atoms with Gasteiger partial charge in [0, 0.05) is 6.92 Å². The molecule has 0 aromatic carbocycles. The lowest BCUT2D eigenvalue weighted by Crippen LogP contribution is -2.23. The lowest BCUT2D eigenvalue weighted by Gasteiger charge is -2.11. The fraction of sp³-hybridized carbons (Fsp3) is 0.667. The van der Waals surface area contributed by atoms with Gasteiger partial charge in [-0.3, -0.25) is 4.79 Å². The Kier molecular flexibility index (Phi) is 8.17. The molecule has 1 atom stereocenters. The molecule has 0 aromatic rings. The van der Waals surface area contributed by atoms with E-state index in [1.807, 2.05) is 6.26 Å². The molecule has 5 nitrogen and oxygen atoms in total. The molecule has 15 heavy (non-hydrogen) atoms. The van der Waals surface area contributed by atoms with Crippen molar-refractivity contribution >= 4 is 17.7 Å². The first kappa shape index (κ1) is 14.3. The maximum Gasteiger partial charge on any atom is 0.302 e. The van der Waals surface area contributed by atoms with Crippen molar-refractivity contribution in [3.8, 4) is 0 Å². The molecule has 0 saturated carbocycles. The van der Waals surface area contributed by atoms with Gasteiger partial charge in [0.1, 0.15) is 25.1 Å². The summed E-state index contributed by atoms with van der Waals surface area (Å²) < 4.78 is 4.56. The zero-order valence-corrected chi connectivity index (χ0v) is 9.71. The second kappa shape index (κ2) is 8.58. The van der Waals surface area contributed by atoms with E-state index in [2.05, 4.69) is 16.2 Å². The lowest BCUT2D eigenvalue weighted by molar-refractivity contribution is -0.275. The summed E-state index contributed by atoms with van der Waals surface area (Å²) in [6.07, 6.45) is 1.01. The molecule has 0 aliphatic rings. The van der Waals surface area contributed by atoms with Crippen molar-refractivity contribution in [2.45, 2.75) is 13.0 Å². The van der Waals surface area contributed by atoms with Crippen LogP contribution in [0.5, 0.6) is 0 Å². The van der Waals surface area contributed by atoms with Crippen LogP contribution in [0.15, 0.2) is 12.3 Å². The zero-order valence-electron chi connectivity index (χ0n) is 8.89. The first-order valence-electron chi connectivity index (χ1n) is 4.34. The highest BCUT2D eigenvalue weighted by molar-refractivity contribution is 7.98. The van der Waals surface area contributed by atoms with Crippen LogP contribution in [0.3, 0.4) is 0 Å². The Bertz CT molecular complexity index is 207. The van der Waals surface area contributed by atoms with Gasteiger partial charge in [-0.05, 0) is 6.26 Å². The molecule has 0 amide bonds. The summed E-state index contributed by atoms with van der Waals surface area (Å²) in [7, 11) is 0. The summed E-state index contributed by atoms with van der Waals surface area (Å²) in [6, 6.07) is 0. The van der Waals surface area contributed by atoms with Gasteiger partial charge in [-0.1, -0.05) is 6.58 Å². The summed E-state index contributed by atoms with van der Waals surface area (Å²) in [5.41, 5.74) is 0. The third-order valence-electron chi connectivity index (χ3n) is 1.22. The number of aliphatic hydroxyl groups excluding tert-OH is 1. The van der Waals surface area contributed by atoms with Crippen molar-refractivity contribution in [1.29, 1.82) is 0 Å². The summed E-state index contributed by atoms with van der Waals surface area (Å²) in [5.74, 6) is 0.656. The third kappa shape index (κ3) is 9.58. The minimum atomic E-state index is -0.893. The minimum Gasteiger partial charge on any atom is -0.463 e. The number of aliphatic hydroxyl groups is 1. The van der Waals surface area contributed by atoms with Crippen LogP contribution in [-0.4, -0.2) is 42.4 Å². The van der Waals surface area contributed by atoms with Crippen molar-refractivity contribution in [2.24, 2.45) is 0 Å². The van der Waals surface area contributed by atoms with E-state index in [0.29, 0.717) is 11.5 Å². The molecule has 0 saturated heterocycles. The first-order chi connectivity index (χ1) is 7.06. The number of esters is 1. The predicted molar refractivity (Wildman–Crippen MR) is 57.2 cm³/mol. The van der Waals surface area contributed by atoms with Crippen LogP contribution >= 0.6 is 11.8 Å². The molecule has 88 valence electrons. The van der Waals surface area contributed by atoms with Gasteiger partial charge in [0.25, 0.3) is 0 Å². The molecule has 1 unspecified atom stereocenters. The SMILES string of the molecule is C=C(CSC)OOCC(O)COC(C)=O. The molecule has 6 heteroatoms. The summed E-state index contributed by atoms with van der Waals surface area (Å²) >= 11 is 1.55. The van der Waals surface area contributed by atoms with Gasteiger partial charge in [-0.25, -0.2) is 0 Å². The Hall–Kier alpha value is -0.720. The van der Waals surface area contributed by atoms with E-state index in [4.69, 9.17) is 4.89 Å². The van der Waals surface area contributed by atoms with Gasteiger partial charge in [-0.15, -0.1) is 0 Å². The van der Waals surface area contributed by atoms with Gasteiger partial charge in [0.2, 0.25) is 0 Å². The Labute approximate surface area is 93.3 Å². The molecule has 0 spiro atoms. The van der Waals surface area contributed by atoms with E-state index < -0.39 is 12.1 Å². The van der Waals surface area contributed by atoms with Crippen molar-refractivity contribution < 1.29 is 24.4 Å². The second-order valence-electron chi connectivity index (χ2n) is 2.80. The number of rotatable bonds is 8. The van der Waals surface area contributed by atoms with Crippen molar-refractivity contribution in [3.05, 3.63) is 12.3 Å². The van der Waals surface area contributed by atoms with Crippen LogP contribution in [-0.2, 0) is 19.3 Å². The van der Waals surface area contributed by atoms with Gasteiger partial charge in [0.05, 0.1) is 5.75 Å². The monoisotopic (exact) mass is 236 g/mol. The second-order valence-corrected chi connectivity index (χ2v) is 3.66. The molecule has 0 radical (unpaired) electrons. The smallest absolute Gasteiger partial charge is 0.302 e. The van der Waals surface area contributed by atoms with Crippen molar-refractivity contribution in [1.82, 2.24) is 0 Å². The molecule has 0 bridgehead atoms. The van der Waals surface area contributed by atoms with Crippen LogP contribution < -0.4 is 0 Å². The maximum absolute atomic E-state index is 10.4. The Morgan fingerprint density at radius 1 is 1.53 bits per heavy atom. The average Bonchev–Trinajstić information content (AvgIpc) is 2.15. The Morgan fingerprint density at radius 3 is 2.73 bits per heavy atom. The largest absolute Gasteiger partial charge is 0.463 e. The molecule has 0 heterocycles. The highest BCUT2D eigenvalue weighted by Gasteiger charge is 2.07. The topological polar surface area (TPSA) is 65.0 Å². The van der Waals surface area contributed by atoms with E-state index in [0.717, 1.165) is 0 Å². The normalized spacial score (nSPS) is 11.9. The highest BCUT2D eigenvalue weighted by atomic mass is 32.2. The van der Waals surface area contributed by atoms with Crippen LogP contribution in [0.1, 0.15) is 6.92 Å². The maximum atomic E-state index is 10.4. The quantitative estimate of drug-likeness (QED) is 0.290. The van der Waals surface area contributed by atoms with E-state index >= 15 is 0 Å². The molecular formula is C9H16O5S. The van der Waals surface area contributed by atoms with E-state index in [9.17, 15) is 9.90 Å². The third-order valence-corrected chi connectivity index (χ3v) is 1.83. The van der Waals surface area contributed by atoms with E-state index in [-0.39, 0.29) is 13.2 Å². The number of ether oxygens (including phenoxy) is 1. The van der Waals surface area contributed by atoms with Crippen LogP contribution in [0.2, 0.25) is 0 Å². The van der Waals surface area contributed by atoms with Crippen molar-refractivity contribution in [2.75, 3.05) is 25.2 Å². The van der Waals surface area contributed by atoms with Crippen LogP contribution in [0.4, 0.5) is 0 Å². The zero-order chi connectivity index (χ0) is 11.7. The number of carbonyl (C=O) groups is 1.